The van der Waals surface area contributed by atoms with Gasteiger partial charge in [0.15, 0.2) is 0 Å². The molecular formula is C11H13F2Ga. The molecule has 74 valence electrons. The van der Waals surface area contributed by atoms with E-state index in [2.05, 4.69) is 0 Å². The summed E-state index contributed by atoms with van der Waals surface area (Å²) in [5.74, 6) is -1.22. The zero-order valence-electron chi connectivity index (χ0n) is 8.10. The summed E-state index contributed by atoms with van der Waals surface area (Å²) in [4.78, 5) is 2.38. The van der Waals surface area contributed by atoms with Gasteiger partial charge in [-0.25, -0.2) is 0 Å². The summed E-state index contributed by atoms with van der Waals surface area (Å²) < 4.78 is 27.2. The molecule has 0 amide bonds. The van der Waals surface area contributed by atoms with Gasteiger partial charge in [-0.2, -0.15) is 0 Å². The maximum absolute atomic E-state index is 13.5. The average Bonchev–Trinajstić information content (AvgIpc) is 2.23. The first-order valence-electron chi connectivity index (χ1n) is 5.23. The van der Waals surface area contributed by atoms with Crippen LogP contribution in [0.3, 0.4) is 0 Å². The number of halogens is 2. The molecule has 1 fully saturated rings. The minimum atomic E-state index is -1.66. The second kappa shape index (κ2) is 4.49. The molecule has 1 heterocycles. The molecule has 1 aliphatic rings. The van der Waals surface area contributed by atoms with Gasteiger partial charge < -0.3 is 0 Å². The summed E-state index contributed by atoms with van der Waals surface area (Å²) in [6.07, 6.45) is 3.72. The van der Waals surface area contributed by atoms with Gasteiger partial charge in [-0.05, 0) is 0 Å². The Bertz CT molecular complexity index is 319. The van der Waals surface area contributed by atoms with Gasteiger partial charge in [-0.3, -0.25) is 0 Å². The van der Waals surface area contributed by atoms with Gasteiger partial charge in [0.05, 0.1) is 0 Å². The minimum absolute atomic E-state index is 0.556. The summed E-state index contributed by atoms with van der Waals surface area (Å²) in [6, 6.07) is 4.66. The first kappa shape index (κ1) is 10.2. The molecular weight excluding hydrogens is 240 g/mol. The molecule has 0 nitrogen and oxygen atoms in total. The van der Waals surface area contributed by atoms with E-state index in [0.717, 1.165) is 4.12 Å². The van der Waals surface area contributed by atoms with Crippen molar-refractivity contribution >= 4 is 20.3 Å². The summed E-state index contributed by atoms with van der Waals surface area (Å²) in [5, 5.41) is 0. The van der Waals surface area contributed by atoms with Crippen molar-refractivity contribution in [3.63, 3.8) is 0 Å². The Hall–Kier alpha value is -0.284. The zero-order chi connectivity index (χ0) is 9.97. The monoisotopic (exact) mass is 252 g/mol. The molecule has 0 bridgehead atoms. The maximum atomic E-state index is 13.5. The summed E-state index contributed by atoms with van der Waals surface area (Å²) in [7, 11) is 0. The van der Waals surface area contributed by atoms with Gasteiger partial charge in [-0.15, -0.1) is 0 Å². The Labute approximate surface area is 88.4 Å². The van der Waals surface area contributed by atoms with Crippen LogP contribution in [0.1, 0.15) is 19.3 Å². The normalized spacial score (nSPS) is 17.1. The summed E-state index contributed by atoms with van der Waals surface area (Å²) in [5.41, 5.74) is 0. The molecule has 1 aromatic rings. The predicted octanol–water partition coefficient (Wildman–Crippen LogP) is 2.85. The Morgan fingerprint density at radius 1 is 1.00 bits per heavy atom. The SMILES string of the molecule is Fc1ccc[c]([Ga]2[CH2]CCC[CH2]2)c1F. The van der Waals surface area contributed by atoms with E-state index in [1.165, 1.54) is 35.3 Å². The van der Waals surface area contributed by atoms with E-state index >= 15 is 0 Å². The molecule has 0 atom stereocenters. The molecule has 0 saturated carbocycles. The van der Waals surface area contributed by atoms with Crippen LogP contribution in [-0.2, 0) is 0 Å². The van der Waals surface area contributed by atoms with Crippen LogP contribution in [0.5, 0.6) is 0 Å². The molecule has 1 saturated heterocycles. The van der Waals surface area contributed by atoms with Crippen LogP contribution in [0.25, 0.3) is 0 Å². The van der Waals surface area contributed by atoms with Crippen molar-refractivity contribution in [2.24, 2.45) is 0 Å². The van der Waals surface area contributed by atoms with Crippen molar-refractivity contribution in [3.05, 3.63) is 29.8 Å². The van der Waals surface area contributed by atoms with Gasteiger partial charge in [0.25, 0.3) is 0 Å². The molecule has 0 radical (unpaired) electrons. The van der Waals surface area contributed by atoms with Gasteiger partial charge >= 0.3 is 88.2 Å². The molecule has 14 heavy (non-hydrogen) atoms. The van der Waals surface area contributed by atoms with Crippen molar-refractivity contribution in [1.29, 1.82) is 0 Å². The fraction of sp³-hybridized carbons (Fsp3) is 0.455. The van der Waals surface area contributed by atoms with Gasteiger partial charge in [-0.1, -0.05) is 0 Å². The van der Waals surface area contributed by atoms with Crippen LogP contribution >= 0.6 is 0 Å². The first-order valence-corrected chi connectivity index (χ1v) is 9.86. The zero-order valence-corrected chi connectivity index (χ0v) is 10.5. The second-order valence-electron chi connectivity index (χ2n) is 3.98. The number of hydrogen-bond donors (Lipinski definition) is 0. The Morgan fingerprint density at radius 2 is 1.71 bits per heavy atom. The van der Waals surface area contributed by atoms with E-state index in [-0.39, 0.29) is 0 Å². The van der Waals surface area contributed by atoms with E-state index in [0.29, 0.717) is 0 Å². The van der Waals surface area contributed by atoms with E-state index < -0.39 is 27.9 Å². The molecule has 1 aliphatic heterocycles. The van der Waals surface area contributed by atoms with Gasteiger partial charge in [0.1, 0.15) is 0 Å². The quantitative estimate of drug-likeness (QED) is 0.675. The molecule has 0 spiro atoms. The van der Waals surface area contributed by atoms with E-state index in [9.17, 15) is 8.78 Å². The van der Waals surface area contributed by atoms with E-state index in [1.807, 2.05) is 0 Å². The van der Waals surface area contributed by atoms with Crippen LogP contribution in [0.2, 0.25) is 9.95 Å². The van der Waals surface area contributed by atoms with Crippen molar-refractivity contribution in [2.45, 2.75) is 29.2 Å². The van der Waals surface area contributed by atoms with Crippen molar-refractivity contribution in [3.8, 4) is 0 Å². The third-order valence-corrected chi connectivity index (χ3v) is 10.4. The average molecular weight is 253 g/mol. The van der Waals surface area contributed by atoms with Gasteiger partial charge in [0, 0.05) is 0 Å². The number of rotatable bonds is 1. The Morgan fingerprint density at radius 3 is 2.43 bits per heavy atom. The van der Waals surface area contributed by atoms with Crippen molar-refractivity contribution in [1.82, 2.24) is 0 Å². The molecule has 0 aliphatic carbocycles. The van der Waals surface area contributed by atoms with E-state index in [4.69, 9.17) is 0 Å². The summed E-state index contributed by atoms with van der Waals surface area (Å²) in [6.45, 7) is 0. The Balaban J connectivity index is 2.26. The molecule has 2 rings (SSSR count). The number of hydrogen-bond acceptors (Lipinski definition) is 0. The van der Waals surface area contributed by atoms with Crippen LogP contribution in [0.4, 0.5) is 8.78 Å². The number of benzene rings is 1. The fourth-order valence-electron chi connectivity index (χ4n) is 2.25. The van der Waals surface area contributed by atoms with Crippen LogP contribution in [0, 0.1) is 11.6 Å². The van der Waals surface area contributed by atoms with Crippen LogP contribution in [-0.4, -0.2) is 16.2 Å². The predicted molar refractivity (Wildman–Crippen MR) is 55.2 cm³/mol. The molecule has 1 aromatic carbocycles. The third-order valence-electron chi connectivity index (χ3n) is 3.03. The van der Waals surface area contributed by atoms with Crippen LogP contribution < -0.4 is 4.12 Å². The van der Waals surface area contributed by atoms with Crippen LogP contribution in [0.15, 0.2) is 18.2 Å². The molecule has 0 aromatic heterocycles. The van der Waals surface area contributed by atoms with E-state index in [1.54, 1.807) is 12.1 Å². The molecule has 0 unspecified atom stereocenters. The summed E-state index contributed by atoms with van der Waals surface area (Å²) >= 11 is -1.66. The second-order valence-corrected chi connectivity index (χ2v) is 10.6. The van der Waals surface area contributed by atoms with Crippen molar-refractivity contribution in [2.75, 3.05) is 0 Å². The first-order chi connectivity index (χ1) is 6.79. The molecule has 3 heteroatoms. The van der Waals surface area contributed by atoms with Gasteiger partial charge in [0.2, 0.25) is 0 Å². The van der Waals surface area contributed by atoms with Crippen molar-refractivity contribution < 1.29 is 8.78 Å². The fourth-order valence-corrected chi connectivity index (χ4v) is 9.28. The topological polar surface area (TPSA) is 0 Å². The molecule has 0 N–H and O–H groups in total. The third kappa shape index (κ3) is 2.03. The standard InChI is InChI=1S/C6H3F2.C5H10.Ga/c7-5-3-1-2-4-6(5)8;1-3-5-4-2;/h1-3H;1-5H2;. The Kier molecular flexibility index (Phi) is 3.28.